The van der Waals surface area contributed by atoms with E-state index in [-0.39, 0.29) is 11.8 Å². The molecule has 19 heavy (non-hydrogen) atoms. The van der Waals surface area contributed by atoms with Gasteiger partial charge in [-0.1, -0.05) is 6.07 Å². The monoisotopic (exact) mass is 498 g/mol. The Morgan fingerprint density at radius 3 is 2.47 bits per heavy atom. The molecule has 0 aliphatic heterocycles. The Morgan fingerprint density at radius 1 is 1.05 bits per heavy atom. The first-order valence-corrected chi connectivity index (χ1v) is 8.21. The molecule has 0 spiro atoms. The van der Waals surface area contributed by atoms with Gasteiger partial charge >= 0.3 is 0 Å². The first-order valence-electron chi connectivity index (χ1n) is 5.17. The van der Waals surface area contributed by atoms with E-state index in [9.17, 15) is 9.59 Å². The van der Waals surface area contributed by atoms with E-state index in [1.54, 1.807) is 23.6 Å². The minimum absolute atomic E-state index is 0.316. The van der Waals surface area contributed by atoms with Crippen LogP contribution >= 0.6 is 56.5 Å². The molecule has 2 N–H and O–H groups in total. The molecule has 0 aliphatic carbocycles. The number of nitrogens with one attached hydrogen (secondary N) is 2. The van der Waals surface area contributed by atoms with Crippen molar-refractivity contribution >= 4 is 68.3 Å². The summed E-state index contributed by atoms with van der Waals surface area (Å²) in [7, 11) is 0. The Balaban J connectivity index is 2.02. The Kier molecular flexibility index (Phi) is 5.16. The number of hydrogen-bond donors (Lipinski definition) is 2. The maximum absolute atomic E-state index is 12.0. The lowest BCUT2D eigenvalue weighted by Gasteiger charge is -2.08. The highest BCUT2D eigenvalue weighted by Gasteiger charge is 2.12. The highest BCUT2D eigenvalue weighted by atomic mass is 127. The van der Waals surface area contributed by atoms with Crippen LogP contribution in [0.25, 0.3) is 0 Å². The Labute approximate surface area is 141 Å². The van der Waals surface area contributed by atoms with Gasteiger partial charge in [0.2, 0.25) is 0 Å². The zero-order valence-corrected chi connectivity index (χ0v) is 14.6. The fourth-order valence-corrected chi connectivity index (χ4v) is 3.01. The molecule has 7 heteroatoms. The summed E-state index contributed by atoms with van der Waals surface area (Å²) >= 11 is 5.54. The van der Waals surface area contributed by atoms with Gasteiger partial charge in [0.15, 0.2) is 0 Å². The Morgan fingerprint density at radius 2 is 1.79 bits per heavy atom. The molecule has 0 radical (unpaired) electrons. The van der Waals surface area contributed by atoms with Gasteiger partial charge in [-0.25, -0.2) is 0 Å². The summed E-state index contributed by atoms with van der Waals surface area (Å²) in [6.45, 7) is 0. The normalized spacial score (nSPS) is 10.0. The third-order valence-electron chi connectivity index (χ3n) is 2.21. The summed E-state index contributed by atoms with van der Waals surface area (Å²) in [5, 5.41) is 1.80. The number of carbonyl (C=O) groups is 2. The fraction of sp³-hybridized carbons (Fsp3) is 0. The molecule has 2 aromatic rings. The minimum Gasteiger partial charge on any atom is -0.267 e. The van der Waals surface area contributed by atoms with Crippen LogP contribution in [0, 0.1) is 7.14 Å². The van der Waals surface area contributed by atoms with Crippen molar-refractivity contribution in [1.82, 2.24) is 10.9 Å². The van der Waals surface area contributed by atoms with Crippen LogP contribution in [0.4, 0.5) is 0 Å². The zero-order chi connectivity index (χ0) is 13.8. The summed E-state index contributed by atoms with van der Waals surface area (Å²) in [5.41, 5.74) is 5.35. The molecule has 0 bridgehead atoms. The van der Waals surface area contributed by atoms with E-state index < -0.39 is 0 Å². The van der Waals surface area contributed by atoms with Gasteiger partial charge < -0.3 is 0 Å². The van der Waals surface area contributed by atoms with Crippen LogP contribution in [0.2, 0.25) is 0 Å². The summed E-state index contributed by atoms with van der Waals surface area (Å²) in [6, 6.07) is 9.03. The number of benzene rings is 1. The second kappa shape index (κ2) is 6.66. The van der Waals surface area contributed by atoms with Crippen molar-refractivity contribution in [2.75, 3.05) is 0 Å². The van der Waals surface area contributed by atoms with E-state index in [2.05, 4.69) is 56.0 Å². The number of hydrazine groups is 1. The highest BCUT2D eigenvalue weighted by Crippen LogP contribution is 2.15. The van der Waals surface area contributed by atoms with Gasteiger partial charge in [0.05, 0.1) is 10.4 Å². The maximum atomic E-state index is 12.0. The lowest BCUT2D eigenvalue weighted by Crippen LogP contribution is -2.41. The SMILES string of the molecule is O=C(NNC(=O)c1cc(I)ccc1I)c1cccs1. The number of carbonyl (C=O) groups excluding carboxylic acids is 2. The van der Waals surface area contributed by atoms with E-state index in [0.717, 1.165) is 7.14 Å². The molecule has 2 amide bonds. The molecule has 1 heterocycles. The van der Waals surface area contributed by atoms with Gasteiger partial charge in [-0.2, -0.15) is 0 Å². The van der Waals surface area contributed by atoms with Gasteiger partial charge in [-0.05, 0) is 74.8 Å². The van der Waals surface area contributed by atoms with Crippen LogP contribution in [0.5, 0.6) is 0 Å². The summed E-state index contributed by atoms with van der Waals surface area (Å²) in [5.74, 6) is -0.642. The third-order valence-corrected chi connectivity index (χ3v) is 4.69. The van der Waals surface area contributed by atoms with Crippen molar-refractivity contribution in [2.24, 2.45) is 0 Å². The molecule has 2 rings (SSSR count). The van der Waals surface area contributed by atoms with E-state index in [1.165, 1.54) is 11.3 Å². The van der Waals surface area contributed by atoms with E-state index >= 15 is 0 Å². The van der Waals surface area contributed by atoms with Crippen molar-refractivity contribution in [2.45, 2.75) is 0 Å². The third kappa shape index (κ3) is 3.89. The average molecular weight is 498 g/mol. The van der Waals surface area contributed by atoms with Gasteiger partial charge in [-0.3, -0.25) is 20.4 Å². The lowest BCUT2D eigenvalue weighted by atomic mass is 10.2. The van der Waals surface area contributed by atoms with E-state index in [1.807, 2.05) is 12.1 Å². The van der Waals surface area contributed by atoms with E-state index in [4.69, 9.17) is 0 Å². The van der Waals surface area contributed by atoms with Gasteiger partial charge in [0, 0.05) is 7.14 Å². The van der Waals surface area contributed by atoms with Crippen LogP contribution in [0.3, 0.4) is 0 Å². The predicted octanol–water partition coefficient (Wildman–Crippen LogP) is 3.03. The topological polar surface area (TPSA) is 58.2 Å². The van der Waals surface area contributed by atoms with Crippen LogP contribution < -0.4 is 10.9 Å². The second-order valence-electron chi connectivity index (χ2n) is 3.51. The van der Waals surface area contributed by atoms with Crippen molar-refractivity contribution in [3.63, 3.8) is 0 Å². The van der Waals surface area contributed by atoms with Crippen molar-refractivity contribution in [1.29, 1.82) is 0 Å². The van der Waals surface area contributed by atoms with Crippen molar-refractivity contribution in [3.05, 3.63) is 53.3 Å². The van der Waals surface area contributed by atoms with Crippen LogP contribution in [0.15, 0.2) is 35.7 Å². The number of amides is 2. The van der Waals surface area contributed by atoms with Crippen molar-refractivity contribution < 1.29 is 9.59 Å². The standard InChI is InChI=1S/C12H8I2N2O2S/c13-7-3-4-9(14)8(6-7)11(17)15-16-12(18)10-2-1-5-19-10/h1-6H,(H,15,17)(H,16,18). The molecule has 4 nitrogen and oxygen atoms in total. The molecule has 0 saturated carbocycles. The molecule has 1 aromatic carbocycles. The van der Waals surface area contributed by atoms with Crippen LogP contribution in [-0.4, -0.2) is 11.8 Å². The molecule has 1 aromatic heterocycles. The van der Waals surface area contributed by atoms with Gasteiger partial charge in [0.25, 0.3) is 11.8 Å². The maximum Gasteiger partial charge on any atom is 0.279 e. The first-order chi connectivity index (χ1) is 9.08. The molecule has 0 atom stereocenters. The molecule has 0 unspecified atom stereocenters. The molecule has 0 aliphatic rings. The van der Waals surface area contributed by atoms with Gasteiger partial charge in [0.1, 0.15) is 0 Å². The smallest absolute Gasteiger partial charge is 0.267 e. The van der Waals surface area contributed by atoms with Gasteiger partial charge in [-0.15, -0.1) is 11.3 Å². The fourth-order valence-electron chi connectivity index (χ4n) is 1.32. The summed E-state index contributed by atoms with van der Waals surface area (Å²) in [4.78, 5) is 24.2. The largest absolute Gasteiger partial charge is 0.279 e. The Bertz CT molecular complexity index is 614. The quantitative estimate of drug-likeness (QED) is 0.495. The molecule has 0 saturated heterocycles. The summed E-state index contributed by atoms with van der Waals surface area (Å²) < 4.78 is 1.80. The predicted molar refractivity (Wildman–Crippen MR) is 91.1 cm³/mol. The molecule has 98 valence electrons. The van der Waals surface area contributed by atoms with E-state index in [0.29, 0.717) is 10.4 Å². The van der Waals surface area contributed by atoms with Crippen molar-refractivity contribution in [3.8, 4) is 0 Å². The number of rotatable bonds is 2. The number of halogens is 2. The summed E-state index contributed by atoms with van der Waals surface area (Å²) in [6.07, 6.45) is 0. The zero-order valence-electron chi connectivity index (χ0n) is 9.44. The number of hydrogen-bond acceptors (Lipinski definition) is 3. The van der Waals surface area contributed by atoms with Crippen LogP contribution in [-0.2, 0) is 0 Å². The van der Waals surface area contributed by atoms with Crippen LogP contribution in [0.1, 0.15) is 20.0 Å². The first kappa shape index (κ1) is 14.7. The highest BCUT2D eigenvalue weighted by molar-refractivity contribution is 14.1. The second-order valence-corrected chi connectivity index (χ2v) is 6.87. The minimum atomic E-state index is -0.326. The molecule has 0 fully saturated rings. The Hall–Kier alpha value is -0.680. The molecular formula is C12H8I2N2O2S. The average Bonchev–Trinajstić information content (AvgIpc) is 2.92. The number of thiophene rings is 1. The lowest BCUT2D eigenvalue weighted by molar-refractivity contribution is 0.0848. The molecular weight excluding hydrogens is 490 g/mol.